The number of aromatic nitrogens is 3. The van der Waals surface area contributed by atoms with Crippen LogP contribution in [0.3, 0.4) is 0 Å². The first-order valence-corrected chi connectivity index (χ1v) is 6.17. The van der Waals surface area contributed by atoms with Crippen molar-refractivity contribution in [3.63, 3.8) is 0 Å². The number of aliphatic hydroxyl groups is 2. The molecular formula is C13H15N3O5. The molecule has 2 rings (SSSR count). The predicted molar refractivity (Wildman–Crippen MR) is 72.1 cm³/mol. The number of aromatic carboxylic acids is 1. The highest BCUT2D eigenvalue weighted by Crippen LogP contribution is 2.26. The number of rotatable bonds is 6. The quantitative estimate of drug-likeness (QED) is 0.686. The maximum Gasteiger partial charge on any atom is 0.358 e. The zero-order chi connectivity index (χ0) is 15.4. The van der Waals surface area contributed by atoms with Gasteiger partial charge in [0, 0.05) is 5.56 Å². The number of carboxylic acid groups (broad SMARTS) is 1. The minimum atomic E-state index is -1.22. The minimum Gasteiger partial charge on any atom is -0.497 e. The lowest BCUT2D eigenvalue weighted by Crippen LogP contribution is -2.21. The van der Waals surface area contributed by atoms with Crippen LogP contribution in [0.1, 0.15) is 10.5 Å². The Hall–Kier alpha value is -2.45. The number of benzene rings is 1. The van der Waals surface area contributed by atoms with Crippen LogP contribution in [0.25, 0.3) is 11.3 Å². The fourth-order valence-corrected chi connectivity index (χ4v) is 1.90. The summed E-state index contributed by atoms with van der Waals surface area (Å²) in [7, 11) is 1.50. The Morgan fingerprint density at radius 1 is 1.48 bits per heavy atom. The summed E-state index contributed by atoms with van der Waals surface area (Å²) in [5.41, 5.74) is 0.559. The molecule has 0 aliphatic rings. The molecular weight excluding hydrogens is 278 g/mol. The van der Waals surface area contributed by atoms with E-state index in [1.165, 1.54) is 11.8 Å². The van der Waals surface area contributed by atoms with Crippen molar-refractivity contribution in [3.05, 3.63) is 30.0 Å². The molecule has 0 aliphatic heterocycles. The van der Waals surface area contributed by atoms with E-state index in [0.29, 0.717) is 11.3 Å². The number of hydrogen-bond acceptors (Lipinski definition) is 6. The van der Waals surface area contributed by atoms with Crippen LogP contribution in [0, 0.1) is 0 Å². The summed E-state index contributed by atoms with van der Waals surface area (Å²) in [6.45, 7) is -0.525. The van der Waals surface area contributed by atoms with Crippen molar-refractivity contribution in [3.8, 4) is 17.0 Å². The van der Waals surface area contributed by atoms with Gasteiger partial charge in [-0.1, -0.05) is 17.3 Å². The van der Waals surface area contributed by atoms with Crippen LogP contribution >= 0.6 is 0 Å². The highest BCUT2D eigenvalue weighted by Gasteiger charge is 2.22. The Balaban J connectivity index is 2.52. The average molecular weight is 293 g/mol. The number of methoxy groups -OCH3 is 1. The van der Waals surface area contributed by atoms with Gasteiger partial charge in [0.2, 0.25) is 0 Å². The summed E-state index contributed by atoms with van der Waals surface area (Å²) in [4.78, 5) is 11.3. The van der Waals surface area contributed by atoms with Crippen LogP contribution in [-0.2, 0) is 6.54 Å². The molecule has 21 heavy (non-hydrogen) atoms. The normalized spacial score (nSPS) is 12.1. The monoisotopic (exact) mass is 293 g/mol. The van der Waals surface area contributed by atoms with E-state index in [4.69, 9.17) is 9.84 Å². The third-order valence-electron chi connectivity index (χ3n) is 2.88. The summed E-state index contributed by atoms with van der Waals surface area (Å²) in [6, 6.07) is 6.77. The van der Waals surface area contributed by atoms with Gasteiger partial charge in [-0.15, -0.1) is 5.10 Å². The molecule has 112 valence electrons. The van der Waals surface area contributed by atoms with E-state index < -0.39 is 18.7 Å². The van der Waals surface area contributed by atoms with Crippen molar-refractivity contribution in [2.45, 2.75) is 12.6 Å². The van der Waals surface area contributed by atoms with E-state index in [1.807, 2.05) is 0 Å². The molecule has 2 aromatic rings. The number of aliphatic hydroxyl groups excluding tert-OH is 2. The molecule has 0 fully saturated rings. The fraction of sp³-hybridized carbons (Fsp3) is 0.308. The molecule has 1 aromatic heterocycles. The molecule has 1 unspecified atom stereocenters. The average Bonchev–Trinajstić information content (AvgIpc) is 2.91. The van der Waals surface area contributed by atoms with E-state index >= 15 is 0 Å². The third-order valence-corrected chi connectivity index (χ3v) is 2.88. The summed E-state index contributed by atoms with van der Waals surface area (Å²) in [5.74, 6) is -0.670. The van der Waals surface area contributed by atoms with Gasteiger partial charge < -0.3 is 20.1 Å². The lowest BCUT2D eigenvalue weighted by molar-refractivity contribution is 0.0690. The maximum atomic E-state index is 11.3. The van der Waals surface area contributed by atoms with Crippen molar-refractivity contribution >= 4 is 5.97 Å². The molecule has 0 radical (unpaired) electrons. The number of carbonyl (C=O) groups is 1. The molecule has 0 saturated heterocycles. The Morgan fingerprint density at radius 2 is 2.24 bits per heavy atom. The zero-order valence-corrected chi connectivity index (χ0v) is 11.3. The van der Waals surface area contributed by atoms with Crippen molar-refractivity contribution in [1.29, 1.82) is 0 Å². The molecule has 3 N–H and O–H groups in total. The van der Waals surface area contributed by atoms with E-state index in [2.05, 4.69) is 10.3 Å². The number of nitrogens with zero attached hydrogens (tertiary/aromatic N) is 3. The smallest absolute Gasteiger partial charge is 0.358 e. The van der Waals surface area contributed by atoms with Gasteiger partial charge in [0.15, 0.2) is 5.69 Å². The van der Waals surface area contributed by atoms with Gasteiger partial charge in [-0.25, -0.2) is 9.48 Å². The van der Waals surface area contributed by atoms with Crippen LogP contribution < -0.4 is 4.74 Å². The topological polar surface area (TPSA) is 118 Å². The van der Waals surface area contributed by atoms with Gasteiger partial charge in [-0.2, -0.15) is 0 Å². The maximum absolute atomic E-state index is 11.3. The second-order valence-corrected chi connectivity index (χ2v) is 4.34. The first-order chi connectivity index (χ1) is 10.1. The largest absolute Gasteiger partial charge is 0.497 e. The summed E-state index contributed by atoms with van der Waals surface area (Å²) < 4.78 is 6.36. The second-order valence-electron chi connectivity index (χ2n) is 4.34. The Kier molecular flexibility index (Phi) is 4.51. The second kappa shape index (κ2) is 6.33. The van der Waals surface area contributed by atoms with Crippen LogP contribution in [0.4, 0.5) is 0 Å². The van der Waals surface area contributed by atoms with E-state index in [1.54, 1.807) is 24.3 Å². The van der Waals surface area contributed by atoms with Crippen LogP contribution in [0.2, 0.25) is 0 Å². The van der Waals surface area contributed by atoms with Crippen LogP contribution in [0.15, 0.2) is 24.3 Å². The molecule has 8 nitrogen and oxygen atoms in total. The number of hydrogen-bond donors (Lipinski definition) is 3. The molecule has 0 aliphatic carbocycles. The van der Waals surface area contributed by atoms with Crippen molar-refractivity contribution in [2.24, 2.45) is 0 Å². The fourth-order valence-electron chi connectivity index (χ4n) is 1.90. The van der Waals surface area contributed by atoms with Gasteiger partial charge >= 0.3 is 5.97 Å². The van der Waals surface area contributed by atoms with E-state index in [-0.39, 0.29) is 17.9 Å². The molecule has 1 atom stereocenters. The highest BCUT2D eigenvalue weighted by atomic mass is 16.5. The highest BCUT2D eigenvalue weighted by molar-refractivity contribution is 5.92. The van der Waals surface area contributed by atoms with Crippen LogP contribution in [-0.4, -0.2) is 56.1 Å². The number of carboxylic acids is 1. The predicted octanol–water partition coefficient (Wildman–Crippen LogP) is 0.00510. The minimum absolute atomic E-state index is 0.0661. The molecule has 0 saturated carbocycles. The third kappa shape index (κ3) is 3.18. The summed E-state index contributed by atoms with van der Waals surface area (Å²) >= 11 is 0. The summed E-state index contributed by atoms with van der Waals surface area (Å²) in [6.07, 6.45) is -1.06. The van der Waals surface area contributed by atoms with E-state index in [9.17, 15) is 15.0 Å². The van der Waals surface area contributed by atoms with Gasteiger partial charge in [-0.05, 0) is 12.1 Å². The lowest BCUT2D eigenvalue weighted by atomic mass is 10.1. The molecule has 0 bridgehead atoms. The summed E-state index contributed by atoms with van der Waals surface area (Å²) in [5, 5.41) is 35.0. The molecule has 8 heteroatoms. The van der Waals surface area contributed by atoms with Crippen LogP contribution in [0.5, 0.6) is 5.75 Å². The van der Waals surface area contributed by atoms with Gasteiger partial charge in [0.1, 0.15) is 11.4 Å². The first-order valence-electron chi connectivity index (χ1n) is 6.17. The Labute approximate surface area is 120 Å². The molecule has 0 amide bonds. The SMILES string of the molecule is COc1cccc(-c2c(C(=O)O)nnn2CC(O)CO)c1. The Morgan fingerprint density at radius 3 is 2.86 bits per heavy atom. The van der Waals surface area contributed by atoms with Crippen molar-refractivity contribution < 1.29 is 24.9 Å². The molecule has 1 heterocycles. The van der Waals surface area contributed by atoms with Gasteiger partial charge in [0.05, 0.1) is 26.4 Å². The van der Waals surface area contributed by atoms with Crippen molar-refractivity contribution in [2.75, 3.05) is 13.7 Å². The standard InChI is InChI=1S/C13H15N3O5/c1-21-10-4-2-3-8(5-10)12-11(13(19)20)14-15-16(12)6-9(18)7-17/h2-5,9,17-18H,6-7H2,1H3,(H,19,20). The first kappa shape index (κ1) is 14.9. The zero-order valence-electron chi connectivity index (χ0n) is 11.3. The number of ether oxygens (including phenoxy) is 1. The lowest BCUT2D eigenvalue weighted by Gasteiger charge is -2.11. The van der Waals surface area contributed by atoms with Crippen molar-refractivity contribution in [1.82, 2.24) is 15.0 Å². The van der Waals surface area contributed by atoms with Gasteiger partial charge in [-0.3, -0.25) is 0 Å². The molecule has 1 aromatic carbocycles. The van der Waals surface area contributed by atoms with E-state index in [0.717, 1.165) is 0 Å². The Bertz CT molecular complexity index is 640. The van der Waals surface area contributed by atoms with Gasteiger partial charge in [0.25, 0.3) is 0 Å². The molecule has 0 spiro atoms.